The first-order valence-corrected chi connectivity index (χ1v) is 22.6. The van der Waals surface area contributed by atoms with Gasteiger partial charge >= 0.3 is 24.3 Å². The number of carbonyl (C=O) groups is 5. The van der Waals surface area contributed by atoms with Crippen molar-refractivity contribution in [1.29, 1.82) is 0 Å². The molecule has 7 rings (SSSR count). The number of halogens is 4. The van der Waals surface area contributed by atoms with Crippen molar-refractivity contribution in [2.45, 2.75) is 88.6 Å². The maximum absolute atomic E-state index is 14.2. The number of esters is 1. The van der Waals surface area contributed by atoms with Gasteiger partial charge in [0.05, 0.1) is 29.4 Å². The van der Waals surface area contributed by atoms with Crippen LogP contribution in [0.3, 0.4) is 0 Å². The topological polar surface area (TPSA) is 161 Å². The molecule has 3 N–H and O–H groups in total. The third kappa shape index (κ3) is 11.9. The van der Waals surface area contributed by atoms with Crippen LogP contribution in [0.1, 0.15) is 68.1 Å². The fourth-order valence-electron chi connectivity index (χ4n) is 9.42. The fourth-order valence-corrected chi connectivity index (χ4v) is 9.67. The van der Waals surface area contributed by atoms with Crippen molar-refractivity contribution in [3.05, 3.63) is 58.1 Å². The number of nitrogen functional groups attached to an aromatic ring is 1. The highest BCUT2D eigenvalue weighted by atomic mass is 35.5. The number of likely N-dealkylation sites (tertiary alicyclic amines) is 3. The smallest absolute Gasteiger partial charge is 0.418 e. The lowest BCUT2D eigenvalue weighted by Gasteiger charge is -2.43. The quantitative estimate of drug-likeness (QED) is 0.167. The van der Waals surface area contributed by atoms with E-state index in [1.807, 2.05) is 29.2 Å². The zero-order valence-electron chi connectivity index (χ0n) is 35.6. The molecule has 5 amide bonds. The molecule has 0 bridgehead atoms. The number of carbonyl (C=O) groups excluding carboxylic acids is 5. The van der Waals surface area contributed by atoms with Crippen LogP contribution >= 0.6 is 11.6 Å². The summed E-state index contributed by atoms with van der Waals surface area (Å²) in [6.07, 6.45) is -1.28. The molecule has 15 nitrogen and oxygen atoms in total. The second-order valence-electron chi connectivity index (χ2n) is 17.1. The minimum absolute atomic E-state index is 0.0464. The van der Waals surface area contributed by atoms with Gasteiger partial charge in [0.25, 0.3) is 5.91 Å². The van der Waals surface area contributed by atoms with Crippen molar-refractivity contribution in [2.75, 3.05) is 96.2 Å². The summed E-state index contributed by atoms with van der Waals surface area (Å²) in [4.78, 5) is 76.8. The standard InChI is InChI=1S/C44H58ClF3N8O7/c45-35-27-30(26-34(40(35)49)44(46,47)48)28-37(63-43(61)55-18-12-33(13-19-55)56-20-9-31-6-1-2-7-36(31)50-42(56)60)41(59)54-16-10-32(11-17-54)52-23-21-51(22-24-52)29-39(58)62-25-5-15-53-14-4-3-8-38(53)57/h1-2,6-7,26-27,32-33,37H,3-5,8-25,28-29,49H2,(H,50,60). The zero-order valence-corrected chi connectivity index (χ0v) is 36.3. The molecule has 2 aromatic carbocycles. The van der Waals surface area contributed by atoms with E-state index in [0.29, 0.717) is 84.2 Å². The van der Waals surface area contributed by atoms with E-state index in [9.17, 15) is 37.1 Å². The van der Waals surface area contributed by atoms with Crippen molar-refractivity contribution in [3.63, 3.8) is 0 Å². The van der Waals surface area contributed by atoms with Gasteiger partial charge in [-0.3, -0.25) is 24.2 Å². The van der Waals surface area contributed by atoms with Crippen LogP contribution in [0.25, 0.3) is 0 Å². The third-order valence-corrected chi connectivity index (χ3v) is 13.4. The van der Waals surface area contributed by atoms with Gasteiger partial charge in [-0.1, -0.05) is 29.8 Å². The lowest BCUT2D eigenvalue weighted by Crippen LogP contribution is -2.55. The highest BCUT2D eigenvalue weighted by Gasteiger charge is 2.39. The van der Waals surface area contributed by atoms with E-state index in [0.717, 1.165) is 49.8 Å². The molecule has 1 unspecified atom stereocenters. The highest BCUT2D eigenvalue weighted by molar-refractivity contribution is 6.33. The van der Waals surface area contributed by atoms with Crippen molar-refractivity contribution in [1.82, 2.24) is 29.4 Å². The Bertz CT molecular complexity index is 1970. The monoisotopic (exact) mass is 902 g/mol. The molecule has 0 spiro atoms. The lowest BCUT2D eigenvalue weighted by molar-refractivity contribution is -0.145. The number of fused-ring (bicyclic) bond motifs is 1. The molecule has 4 fully saturated rings. The molecule has 344 valence electrons. The number of anilines is 2. The number of hydrogen-bond donors (Lipinski definition) is 2. The zero-order chi connectivity index (χ0) is 44.7. The van der Waals surface area contributed by atoms with Gasteiger partial charge in [-0.25, -0.2) is 9.59 Å². The summed E-state index contributed by atoms with van der Waals surface area (Å²) in [6, 6.07) is 9.61. The predicted molar refractivity (Wildman–Crippen MR) is 229 cm³/mol. The first-order valence-electron chi connectivity index (χ1n) is 22.2. The second-order valence-corrected chi connectivity index (χ2v) is 17.5. The molecule has 4 saturated heterocycles. The minimum Gasteiger partial charge on any atom is -0.465 e. The number of urea groups is 1. The molecule has 1 atom stereocenters. The van der Waals surface area contributed by atoms with Gasteiger partial charge in [-0.15, -0.1) is 0 Å². The Balaban J connectivity index is 0.909. The van der Waals surface area contributed by atoms with E-state index in [4.69, 9.17) is 26.8 Å². The fraction of sp³-hybridized carbons (Fsp3) is 0.614. The Morgan fingerprint density at radius 2 is 1.56 bits per heavy atom. The Hall–Kier alpha value is -4.81. The number of para-hydroxylation sites is 1. The number of alkyl halides is 3. The maximum atomic E-state index is 14.2. The van der Waals surface area contributed by atoms with Crippen LogP contribution in [0.2, 0.25) is 5.02 Å². The van der Waals surface area contributed by atoms with Crippen LogP contribution in [-0.2, 0) is 42.9 Å². The number of hydrogen-bond acceptors (Lipinski definition) is 10. The number of nitrogens with zero attached hydrogens (tertiary/aromatic N) is 6. The van der Waals surface area contributed by atoms with E-state index in [2.05, 4.69) is 15.1 Å². The largest absolute Gasteiger partial charge is 0.465 e. The highest BCUT2D eigenvalue weighted by Crippen LogP contribution is 2.38. The molecular weight excluding hydrogens is 845 g/mol. The second kappa shape index (κ2) is 20.8. The average Bonchev–Trinajstić information content (AvgIpc) is 3.44. The van der Waals surface area contributed by atoms with Crippen molar-refractivity contribution in [2.24, 2.45) is 0 Å². The van der Waals surface area contributed by atoms with Crippen molar-refractivity contribution >= 4 is 52.9 Å². The minimum atomic E-state index is -4.80. The molecule has 5 heterocycles. The van der Waals surface area contributed by atoms with E-state index in [-0.39, 0.29) is 73.2 Å². The van der Waals surface area contributed by atoms with Gasteiger partial charge in [-0.05, 0) is 80.7 Å². The van der Waals surface area contributed by atoms with Crippen molar-refractivity contribution in [3.8, 4) is 0 Å². The number of piperazine rings is 1. The van der Waals surface area contributed by atoms with Gasteiger partial charge in [0.1, 0.15) is 0 Å². The van der Waals surface area contributed by atoms with Crippen LogP contribution < -0.4 is 11.1 Å². The van der Waals surface area contributed by atoms with E-state index >= 15 is 0 Å². The van der Waals surface area contributed by atoms with Crippen LogP contribution in [0, 0.1) is 0 Å². The first-order chi connectivity index (χ1) is 30.2. The lowest BCUT2D eigenvalue weighted by atomic mass is 9.99. The van der Waals surface area contributed by atoms with E-state index in [1.165, 1.54) is 11.0 Å². The SMILES string of the molecule is Nc1c(Cl)cc(CC(OC(=O)N2CCC(N3CCc4ccccc4NC3=O)CC2)C(=O)N2CCC(N3CCN(CC(=O)OCCCN4CCCCC4=O)CC3)CC2)cc1C(F)(F)F. The van der Waals surface area contributed by atoms with Crippen LogP contribution in [0.4, 0.5) is 34.1 Å². The van der Waals surface area contributed by atoms with Gasteiger partial charge in [0.15, 0.2) is 6.10 Å². The summed E-state index contributed by atoms with van der Waals surface area (Å²) in [5.41, 5.74) is 5.80. The molecule has 5 aliphatic rings. The van der Waals surface area contributed by atoms with Gasteiger partial charge < -0.3 is 40.1 Å². The predicted octanol–water partition coefficient (Wildman–Crippen LogP) is 5.10. The van der Waals surface area contributed by atoms with Crippen LogP contribution in [-0.4, -0.2) is 163 Å². The molecule has 0 saturated carbocycles. The average molecular weight is 903 g/mol. The van der Waals surface area contributed by atoms with Crippen molar-refractivity contribution < 1.29 is 46.6 Å². The Morgan fingerprint density at radius 3 is 2.27 bits per heavy atom. The van der Waals surface area contributed by atoms with Gasteiger partial charge in [0, 0.05) is 103 Å². The van der Waals surface area contributed by atoms with E-state index in [1.54, 1.807) is 9.80 Å². The molecule has 0 radical (unpaired) electrons. The summed E-state index contributed by atoms with van der Waals surface area (Å²) < 4.78 is 53.2. The summed E-state index contributed by atoms with van der Waals surface area (Å²) in [5, 5.41) is 2.67. The summed E-state index contributed by atoms with van der Waals surface area (Å²) in [7, 11) is 0. The number of amides is 5. The molecular formula is C44H58ClF3N8O7. The van der Waals surface area contributed by atoms with Crippen LogP contribution in [0.5, 0.6) is 0 Å². The summed E-state index contributed by atoms with van der Waals surface area (Å²) >= 11 is 6.16. The Kier molecular flexibility index (Phi) is 15.2. The van der Waals surface area contributed by atoms with Gasteiger partial charge in [-0.2, -0.15) is 13.2 Å². The molecule has 0 aliphatic carbocycles. The third-order valence-electron chi connectivity index (χ3n) is 13.0. The number of ether oxygens (including phenoxy) is 2. The summed E-state index contributed by atoms with van der Waals surface area (Å²) in [5.74, 6) is -0.634. The molecule has 5 aliphatic heterocycles. The van der Waals surface area contributed by atoms with E-state index < -0.39 is 35.5 Å². The molecule has 0 aromatic heterocycles. The molecule has 63 heavy (non-hydrogen) atoms. The maximum Gasteiger partial charge on any atom is 0.418 e. The number of piperidine rings is 3. The number of benzene rings is 2. The normalized spacial score (nSPS) is 20.5. The number of rotatable bonds is 12. The first kappa shape index (κ1) is 46.2. The number of nitrogens with two attached hydrogens (primary N) is 1. The molecule has 2 aromatic rings. The Morgan fingerprint density at radius 1 is 0.857 bits per heavy atom. The molecule has 19 heteroatoms. The van der Waals surface area contributed by atoms with Crippen LogP contribution in [0.15, 0.2) is 36.4 Å². The van der Waals surface area contributed by atoms with Gasteiger partial charge in [0.2, 0.25) is 5.91 Å². The summed E-state index contributed by atoms with van der Waals surface area (Å²) in [6.45, 7) is 6.39. The number of nitrogens with one attached hydrogen (secondary N) is 1. The Labute approximate surface area is 370 Å².